The van der Waals surface area contributed by atoms with Gasteiger partial charge in [0.25, 0.3) is 11.8 Å². The Morgan fingerprint density at radius 3 is 2.43 bits per heavy atom. The molecular formula is C28H33N3O4. The number of anilines is 2. The van der Waals surface area contributed by atoms with Crippen LogP contribution in [0.3, 0.4) is 0 Å². The summed E-state index contributed by atoms with van der Waals surface area (Å²) in [5.41, 5.74) is 4.50. The van der Waals surface area contributed by atoms with Crippen LogP contribution in [0.1, 0.15) is 63.6 Å². The maximum atomic E-state index is 13.3. The molecule has 184 valence electrons. The average Bonchev–Trinajstić information content (AvgIpc) is 2.78. The highest BCUT2D eigenvalue weighted by Gasteiger charge is 2.38. The molecule has 0 spiro atoms. The Labute approximate surface area is 206 Å². The predicted molar refractivity (Wildman–Crippen MR) is 138 cm³/mol. The summed E-state index contributed by atoms with van der Waals surface area (Å²) in [4.78, 5) is 42.0. The van der Waals surface area contributed by atoms with E-state index in [1.807, 2.05) is 13.8 Å². The van der Waals surface area contributed by atoms with Crippen molar-refractivity contribution >= 4 is 35.3 Å². The molecular weight excluding hydrogens is 442 g/mol. The molecule has 7 heteroatoms. The summed E-state index contributed by atoms with van der Waals surface area (Å²) in [5.74, 6) is -0.373. The van der Waals surface area contributed by atoms with Gasteiger partial charge < -0.3 is 9.64 Å². The lowest BCUT2D eigenvalue weighted by atomic mass is 9.79. The summed E-state index contributed by atoms with van der Waals surface area (Å²) < 4.78 is 5.44. The van der Waals surface area contributed by atoms with E-state index >= 15 is 0 Å². The SMILES string of the molecule is CCOc1ccc(N2C(=O)NC(=O)/C(=C\c3cc4c(cc3C)N(CC)C(C)(C)C[C@@H]4C)C2=O)cc1. The first-order valence-electron chi connectivity index (χ1n) is 12.1. The van der Waals surface area contributed by atoms with E-state index < -0.39 is 17.8 Å². The minimum Gasteiger partial charge on any atom is -0.494 e. The molecule has 1 saturated heterocycles. The van der Waals surface area contributed by atoms with E-state index in [-0.39, 0.29) is 11.1 Å². The quantitative estimate of drug-likeness (QED) is 0.477. The molecule has 0 radical (unpaired) electrons. The zero-order chi connectivity index (χ0) is 25.5. The van der Waals surface area contributed by atoms with Crippen molar-refractivity contribution in [2.45, 2.75) is 59.4 Å². The molecule has 4 rings (SSSR count). The van der Waals surface area contributed by atoms with Crippen LogP contribution in [-0.4, -0.2) is 36.5 Å². The monoisotopic (exact) mass is 475 g/mol. The van der Waals surface area contributed by atoms with E-state index in [2.05, 4.69) is 50.0 Å². The first kappa shape index (κ1) is 24.5. The molecule has 4 amide bonds. The number of ether oxygens (including phenoxy) is 1. The summed E-state index contributed by atoms with van der Waals surface area (Å²) in [5, 5.41) is 2.31. The van der Waals surface area contributed by atoms with Gasteiger partial charge in [0.1, 0.15) is 11.3 Å². The molecule has 0 bridgehead atoms. The van der Waals surface area contributed by atoms with Crippen LogP contribution in [0, 0.1) is 6.92 Å². The molecule has 2 heterocycles. The van der Waals surface area contributed by atoms with Gasteiger partial charge in [0, 0.05) is 17.8 Å². The van der Waals surface area contributed by atoms with Crippen molar-refractivity contribution in [2.75, 3.05) is 23.0 Å². The lowest BCUT2D eigenvalue weighted by Crippen LogP contribution is -2.54. The van der Waals surface area contributed by atoms with Crippen molar-refractivity contribution in [3.05, 3.63) is 58.7 Å². The van der Waals surface area contributed by atoms with Gasteiger partial charge in [0.2, 0.25) is 0 Å². The highest BCUT2D eigenvalue weighted by Crippen LogP contribution is 2.44. The van der Waals surface area contributed by atoms with Crippen molar-refractivity contribution in [3.63, 3.8) is 0 Å². The fourth-order valence-electron chi connectivity index (χ4n) is 5.31. The van der Waals surface area contributed by atoms with Crippen LogP contribution < -0.4 is 19.9 Å². The van der Waals surface area contributed by atoms with E-state index in [4.69, 9.17) is 4.74 Å². The lowest BCUT2D eigenvalue weighted by molar-refractivity contribution is -0.122. The van der Waals surface area contributed by atoms with Crippen molar-refractivity contribution in [1.82, 2.24) is 5.32 Å². The Morgan fingerprint density at radius 1 is 1.11 bits per heavy atom. The summed E-state index contributed by atoms with van der Waals surface area (Å²) >= 11 is 0. The molecule has 0 aromatic heterocycles. The van der Waals surface area contributed by atoms with Gasteiger partial charge in [-0.2, -0.15) is 0 Å². The van der Waals surface area contributed by atoms with Crippen LogP contribution in [0.5, 0.6) is 5.75 Å². The van der Waals surface area contributed by atoms with Gasteiger partial charge >= 0.3 is 6.03 Å². The fourth-order valence-corrected chi connectivity index (χ4v) is 5.31. The number of barbiturate groups is 1. The van der Waals surface area contributed by atoms with Crippen LogP contribution in [0.15, 0.2) is 42.0 Å². The second-order valence-electron chi connectivity index (χ2n) is 9.81. The highest BCUT2D eigenvalue weighted by atomic mass is 16.5. The van der Waals surface area contributed by atoms with E-state index in [9.17, 15) is 14.4 Å². The van der Waals surface area contributed by atoms with Gasteiger partial charge in [0.05, 0.1) is 12.3 Å². The maximum Gasteiger partial charge on any atom is 0.335 e. The number of carbonyl (C=O) groups is 3. The molecule has 2 aliphatic heterocycles. The number of rotatable bonds is 5. The number of carbonyl (C=O) groups excluding carboxylic acids is 3. The third-order valence-corrected chi connectivity index (χ3v) is 6.90. The third kappa shape index (κ3) is 4.43. The van der Waals surface area contributed by atoms with Crippen molar-refractivity contribution in [1.29, 1.82) is 0 Å². The Kier molecular flexibility index (Phi) is 6.45. The van der Waals surface area contributed by atoms with Gasteiger partial charge in [0.15, 0.2) is 0 Å². The van der Waals surface area contributed by atoms with Crippen LogP contribution >= 0.6 is 0 Å². The van der Waals surface area contributed by atoms with Crippen LogP contribution in [0.4, 0.5) is 16.2 Å². The molecule has 0 saturated carbocycles. The van der Waals surface area contributed by atoms with Gasteiger partial charge in [-0.3, -0.25) is 14.9 Å². The maximum absolute atomic E-state index is 13.3. The lowest BCUT2D eigenvalue weighted by Gasteiger charge is -2.47. The van der Waals surface area contributed by atoms with E-state index in [1.54, 1.807) is 30.3 Å². The minimum absolute atomic E-state index is 0.0470. The van der Waals surface area contributed by atoms with Crippen molar-refractivity contribution in [2.24, 2.45) is 0 Å². The first-order valence-corrected chi connectivity index (χ1v) is 12.1. The van der Waals surface area contributed by atoms with Crippen molar-refractivity contribution in [3.8, 4) is 5.75 Å². The van der Waals surface area contributed by atoms with Gasteiger partial charge in [-0.1, -0.05) is 6.92 Å². The summed E-state index contributed by atoms with van der Waals surface area (Å²) in [6, 6.07) is 10.1. The molecule has 2 aromatic carbocycles. The number of fused-ring (bicyclic) bond motifs is 1. The minimum atomic E-state index is -0.766. The number of nitrogens with one attached hydrogen (secondary N) is 1. The normalized spacial score (nSPS) is 20.7. The number of nitrogens with zero attached hydrogens (tertiary/aromatic N) is 2. The summed E-state index contributed by atoms with van der Waals surface area (Å²) in [7, 11) is 0. The number of hydrogen-bond donors (Lipinski definition) is 1. The third-order valence-electron chi connectivity index (χ3n) is 6.90. The number of benzene rings is 2. The van der Waals surface area contributed by atoms with Crippen LogP contribution in [0.25, 0.3) is 6.08 Å². The molecule has 7 nitrogen and oxygen atoms in total. The second-order valence-corrected chi connectivity index (χ2v) is 9.81. The highest BCUT2D eigenvalue weighted by molar-refractivity contribution is 6.39. The molecule has 35 heavy (non-hydrogen) atoms. The van der Waals surface area contributed by atoms with Gasteiger partial charge in [-0.25, -0.2) is 9.69 Å². The molecule has 2 aliphatic rings. The van der Waals surface area contributed by atoms with Crippen molar-refractivity contribution < 1.29 is 19.1 Å². The summed E-state index contributed by atoms with van der Waals surface area (Å²) in [6.45, 7) is 14.2. The van der Waals surface area contributed by atoms with Crippen LogP contribution in [0.2, 0.25) is 0 Å². The Balaban J connectivity index is 1.73. The Morgan fingerprint density at radius 2 is 1.80 bits per heavy atom. The first-order chi connectivity index (χ1) is 16.6. The summed E-state index contributed by atoms with van der Waals surface area (Å²) in [6.07, 6.45) is 2.61. The Bertz CT molecular complexity index is 1210. The van der Waals surface area contributed by atoms with E-state index in [0.717, 1.165) is 29.0 Å². The number of amides is 4. The topological polar surface area (TPSA) is 79.0 Å². The predicted octanol–water partition coefficient (Wildman–Crippen LogP) is 5.17. The molecule has 1 N–H and O–H groups in total. The van der Waals surface area contributed by atoms with Gasteiger partial charge in [-0.15, -0.1) is 0 Å². The zero-order valence-electron chi connectivity index (χ0n) is 21.3. The smallest absolute Gasteiger partial charge is 0.335 e. The average molecular weight is 476 g/mol. The molecule has 1 atom stereocenters. The number of aryl methyl sites for hydroxylation is 1. The standard InChI is InChI=1S/C28H33N3O4/c1-7-30-24-13-17(3)19(14-22(24)18(4)16-28(30,5)6)15-23-25(32)29-27(34)31(26(23)33)20-9-11-21(12-10-20)35-8-2/h9-15,18H,7-8,16H2,1-6H3,(H,29,32,34)/b23-15+/t18-/m0/s1. The molecule has 0 unspecified atom stereocenters. The number of hydrogen-bond acceptors (Lipinski definition) is 5. The zero-order valence-corrected chi connectivity index (χ0v) is 21.3. The number of imide groups is 2. The second kappa shape index (κ2) is 9.21. The van der Waals surface area contributed by atoms with E-state index in [0.29, 0.717) is 24.0 Å². The largest absolute Gasteiger partial charge is 0.494 e. The molecule has 2 aromatic rings. The molecule has 0 aliphatic carbocycles. The van der Waals surface area contributed by atoms with Gasteiger partial charge in [-0.05, 0) is 106 Å². The Hall–Kier alpha value is -3.61. The van der Waals surface area contributed by atoms with E-state index in [1.165, 1.54) is 11.3 Å². The fraction of sp³-hybridized carbons (Fsp3) is 0.393. The number of urea groups is 1. The molecule has 1 fully saturated rings. The van der Waals surface area contributed by atoms with Crippen LogP contribution in [-0.2, 0) is 9.59 Å².